The summed E-state index contributed by atoms with van der Waals surface area (Å²) in [5.74, 6) is 0. The number of nitrogens with zero attached hydrogens (tertiary/aromatic N) is 2. The second-order valence-corrected chi connectivity index (χ2v) is 13.6. The van der Waals surface area contributed by atoms with E-state index in [9.17, 15) is 0 Å². The molecule has 0 N–H and O–H groups in total. The quantitative estimate of drug-likeness (QED) is 0.141. The Morgan fingerprint density at radius 2 is 1.15 bits per heavy atom. The number of rotatable bonds is 2. The van der Waals surface area contributed by atoms with Gasteiger partial charge in [0.15, 0.2) is 0 Å². The lowest BCUT2D eigenvalue weighted by atomic mass is 9.86. The van der Waals surface area contributed by atoms with Crippen LogP contribution < -0.4 is 0 Å². The van der Waals surface area contributed by atoms with Crippen molar-refractivity contribution in [1.82, 2.24) is 9.97 Å². The number of hydrogen-bond donors (Lipinski definition) is 0. The molecular formula is C44H24N2OS. The molecule has 48 heavy (non-hydrogen) atoms. The molecular weight excluding hydrogens is 605 g/mol. The minimum Gasteiger partial charge on any atom is -0.455 e. The Bertz CT molecular complexity index is 3080. The van der Waals surface area contributed by atoms with E-state index in [0.717, 1.165) is 49.3 Å². The lowest BCUT2D eigenvalue weighted by Gasteiger charge is -2.18. The van der Waals surface area contributed by atoms with Crippen molar-refractivity contribution in [1.29, 1.82) is 0 Å². The van der Waals surface area contributed by atoms with Crippen LogP contribution in [0.3, 0.4) is 0 Å². The van der Waals surface area contributed by atoms with Gasteiger partial charge in [0.1, 0.15) is 11.2 Å². The summed E-state index contributed by atoms with van der Waals surface area (Å²) >= 11 is 1.82. The van der Waals surface area contributed by atoms with Crippen molar-refractivity contribution in [2.75, 3.05) is 0 Å². The van der Waals surface area contributed by atoms with E-state index in [4.69, 9.17) is 9.40 Å². The lowest BCUT2D eigenvalue weighted by Crippen LogP contribution is -1.92. The first kappa shape index (κ1) is 26.0. The van der Waals surface area contributed by atoms with Crippen LogP contribution in [-0.2, 0) is 0 Å². The van der Waals surface area contributed by atoms with Crippen molar-refractivity contribution in [2.24, 2.45) is 0 Å². The van der Waals surface area contributed by atoms with Crippen molar-refractivity contribution >= 4 is 96.8 Å². The van der Waals surface area contributed by atoms with Crippen LogP contribution in [0.2, 0.25) is 0 Å². The first-order chi connectivity index (χ1) is 23.8. The van der Waals surface area contributed by atoms with Gasteiger partial charge in [-0.05, 0) is 80.7 Å². The van der Waals surface area contributed by atoms with Gasteiger partial charge in [-0.1, -0.05) is 91.0 Å². The summed E-state index contributed by atoms with van der Waals surface area (Å²) in [6.07, 6.45) is 3.86. The Balaban J connectivity index is 1.18. The van der Waals surface area contributed by atoms with Crippen LogP contribution in [-0.4, -0.2) is 9.97 Å². The van der Waals surface area contributed by atoms with Crippen molar-refractivity contribution in [3.8, 4) is 22.3 Å². The van der Waals surface area contributed by atoms with Crippen molar-refractivity contribution in [2.45, 2.75) is 0 Å². The third-order valence-corrected chi connectivity index (χ3v) is 11.0. The molecule has 3 nitrogen and oxygen atoms in total. The van der Waals surface area contributed by atoms with E-state index in [1.807, 2.05) is 29.8 Å². The summed E-state index contributed by atoms with van der Waals surface area (Å²) in [5.41, 5.74) is 8.43. The molecule has 4 aromatic heterocycles. The van der Waals surface area contributed by atoms with Gasteiger partial charge in [-0.15, -0.1) is 11.3 Å². The Hall–Kier alpha value is -6.10. The van der Waals surface area contributed by atoms with Crippen LogP contribution in [0.1, 0.15) is 0 Å². The second-order valence-electron chi connectivity index (χ2n) is 12.5. The fourth-order valence-corrected chi connectivity index (χ4v) is 8.93. The highest BCUT2D eigenvalue weighted by Gasteiger charge is 2.20. The fourth-order valence-electron chi connectivity index (χ4n) is 7.82. The van der Waals surface area contributed by atoms with E-state index in [0.29, 0.717) is 0 Å². The molecule has 0 radical (unpaired) electrons. The molecule has 0 spiro atoms. The molecule has 222 valence electrons. The van der Waals surface area contributed by atoms with Gasteiger partial charge in [0.2, 0.25) is 0 Å². The molecule has 0 saturated carbocycles. The van der Waals surface area contributed by atoms with Gasteiger partial charge in [0.05, 0.1) is 11.0 Å². The molecule has 0 aliphatic carbocycles. The standard InChI is InChI=1S/C44H24N2OS/c1-3-11-31-29(9-1)39(26-17-19-36-35(23-26)33-18-20-38-41(44(33)47-36)34-13-5-6-14-37(34)48-38)30-10-2-4-12-32(30)40(31)28-22-27-16-15-25-8-7-21-45-42(25)43(27)46-24-28/h1-24H. The van der Waals surface area contributed by atoms with Gasteiger partial charge in [-0.2, -0.15) is 0 Å². The number of benzene rings is 7. The van der Waals surface area contributed by atoms with Crippen molar-refractivity contribution in [3.63, 3.8) is 0 Å². The molecule has 0 amide bonds. The van der Waals surface area contributed by atoms with Gasteiger partial charge in [-0.3, -0.25) is 9.97 Å². The molecule has 7 aromatic carbocycles. The lowest BCUT2D eigenvalue weighted by molar-refractivity contribution is 0.673. The maximum absolute atomic E-state index is 6.63. The maximum atomic E-state index is 6.63. The van der Waals surface area contributed by atoms with Crippen molar-refractivity contribution < 1.29 is 4.42 Å². The highest BCUT2D eigenvalue weighted by molar-refractivity contribution is 7.26. The Kier molecular flexibility index (Phi) is 5.26. The smallest absolute Gasteiger partial charge is 0.144 e. The topological polar surface area (TPSA) is 38.9 Å². The number of fused-ring (bicyclic) bond motifs is 12. The van der Waals surface area contributed by atoms with Crippen LogP contribution in [0.4, 0.5) is 0 Å². The monoisotopic (exact) mass is 628 g/mol. The van der Waals surface area contributed by atoms with E-state index >= 15 is 0 Å². The number of aromatic nitrogens is 2. The van der Waals surface area contributed by atoms with Crippen LogP contribution in [0.5, 0.6) is 0 Å². The summed E-state index contributed by atoms with van der Waals surface area (Å²) in [6.45, 7) is 0. The maximum Gasteiger partial charge on any atom is 0.144 e. The normalized spacial score (nSPS) is 12.2. The minimum absolute atomic E-state index is 0.908. The van der Waals surface area contributed by atoms with Gasteiger partial charge in [0, 0.05) is 59.7 Å². The molecule has 0 fully saturated rings. The highest BCUT2D eigenvalue weighted by Crippen LogP contribution is 2.46. The van der Waals surface area contributed by atoms with Gasteiger partial charge in [-0.25, -0.2) is 0 Å². The average Bonchev–Trinajstić information content (AvgIpc) is 3.71. The van der Waals surface area contributed by atoms with Gasteiger partial charge in [0.25, 0.3) is 0 Å². The predicted molar refractivity (Wildman–Crippen MR) is 203 cm³/mol. The number of pyridine rings is 2. The Morgan fingerprint density at radius 1 is 0.458 bits per heavy atom. The van der Waals surface area contributed by atoms with Crippen LogP contribution in [0.25, 0.3) is 108 Å². The van der Waals surface area contributed by atoms with Gasteiger partial charge >= 0.3 is 0 Å². The molecule has 11 rings (SSSR count). The SMILES string of the molecule is c1cnc2c(c1)ccc1cc(-c3c4ccccc4c(-c4ccc5oc6c(ccc7sc8ccccc8c76)c5c4)c4ccccc34)cnc12. The van der Waals surface area contributed by atoms with Crippen LogP contribution in [0, 0.1) is 0 Å². The molecule has 0 atom stereocenters. The van der Waals surface area contributed by atoms with Crippen LogP contribution >= 0.6 is 11.3 Å². The summed E-state index contributed by atoms with van der Waals surface area (Å²) in [6, 6.07) is 48.0. The third kappa shape index (κ3) is 3.58. The van der Waals surface area contributed by atoms with E-state index < -0.39 is 0 Å². The summed E-state index contributed by atoms with van der Waals surface area (Å²) < 4.78 is 9.17. The second kappa shape index (κ2) is 9.71. The number of furan rings is 1. The Morgan fingerprint density at radius 3 is 1.94 bits per heavy atom. The molecule has 4 heterocycles. The molecule has 0 aliphatic rings. The molecule has 0 saturated heterocycles. The van der Waals surface area contributed by atoms with E-state index in [-0.39, 0.29) is 0 Å². The zero-order chi connectivity index (χ0) is 31.3. The van der Waals surface area contributed by atoms with Crippen molar-refractivity contribution in [3.05, 3.63) is 146 Å². The first-order valence-electron chi connectivity index (χ1n) is 16.1. The number of hydrogen-bond acceptors (Lipinski definition) is 4. The van der Waals surface area contributed by atoms with E-state index in [2.05, 4.69) is 132 Å². The zero-order valence-electron chi connectivity index (χ0n) is 25.6. The fraction of sp³-hybridized carbons (Fsp3) is 0. The Labute approximate surface area is 278 Å². The predicted octanol–water partition coefficient (Wildman–Crippen LogP) is 12.7. The first-order valence-corrected chi connectivity index (χ1v) is 17.0. The molecule has 11 aromatic rings. The third-order valence-electron chi connectivity index (χ3n) is 9.91. The van der Waals surface area contributed by atoms with Crippen LogP contribution in [0.15, 0.2) is 150 Å². The van der Waals surface area contributed by atoms with Gasteiger partial charge < -0.3 is 4.42 Å². The zero-order valence-corrected chi connectivity index (χ0v) is 26.4. The summed E-state index contributed by atoms with van der Waals surface area (Å²) in [5, 5.41) is 11.8. The molecule has 0 unspecified atom stereocenters. The summed E-state index contributed by atoms with van der Waals surface area (Å²) in [7, 11) is 0. The largest absolute Gasteiger partial charge is 0.455 e. The minimum atomic E-state index is 0.908. The summed E-state index contributed by atoms with van der Waals surface area (Å²) in [4.78, 5) is 9.65. The van der Waals surface area contributed by atoms with E-state index in [1.54, 1.807) is 0 Å². The highest BCUT2D eigenvalue weighted by atomic mass is 32.1. The average molecular weight is 629 g/mol. The number of thiophene rings is 1. The van der Waals surface area contributed by atoms with E-state index in [1.165, 1.54) is 58.4 Å². The molecule has 0 aliphatic heterocycles. The molecule has 0 bridgehead atoms. The molecule has 4 heteroatoms.